The lowest BCUT2D eigenvalue weighted by Crippen LogP contribution is -2.22. The molecule has 5 aromatic rings. The lowest BCUT2D eigenvalue weighted by molar-refractivity contribution is -0.113. The number of anilines is 1. The maximum absolute atomic E-state index is 13.7. The third kappa shape index (κ3) is 4.35. The quantitative estimate of drug-likeness (QED) is 0.242. The SMILES string of the molecule is Cc1cc(C)cc(-n2c(SCC(=O)Nc3cccc(C)c3C)nc3c(oc4ccccc43)c2=O)c1. The zero-order chi connectivity index (χ0) is 24.7. The zero-order valence-electron chi connectivity index (χ0n) is 20.0. The van der Waals surface area contributed by atoms with E-state index in [0.717, 1.165) is 33.3 Å². The third-order valence-corrected chi connectivity index (χ3v) is 6.98. The van der Waals surface area contributed by atoms with Gasteiger partial charge in [0.05, 0.1) is 11.4 Å². The summed E-state index contributed by atoms with van der Waals surface area (Å²) in [5, 5.41) is 4.19. The fourth-order valence-corrected chi connectivity index (χ4v) is 5.03. The summed E-state index contributed by atoms with van der Waals surface area (Å²) in [6.45, 7) is 7.96. The second-order valence-electron chi connectivity index (χ2n) is 8.74. The van der Waals surface area contributed by atoms with Gasteiger partial charge < -0.3 is 9.73 Å². The molecule has 6 nitrogen and oxygen atoms in total. The minimum absolute atomic E-state index is 0.103. The minimum Gasteiger partial charge on any atom is -0.448 e. The van der Waals surface area contributed by atoms with Crippen LogP contribution in [0.4, 0.5) is 5.69 Å². The lowest BCUT2D eigenvalue weighted by Gasteiger charge is -2.14. The summed E-state index contributed by atoms with van der Waals surface area (Å²) < 4.78 is 7.45. The van der Waals surface area contributed by atoms with Gasteiger partial charge in [0.1, 0.15) is 11.1 Å². The number of carbonyl (C=O) groups is 1. The van der Waals surface area contributed by atoms with Crippen molar-refractivity contribution in [3.8, 4) is 5.69 Å². The molecule has 0 saturated heterocycles. The second-order valence-corrected chi connectivity index (χ2v) is 9.68. The fourth-order valence-electron chi connectivity index (χ4n) is 4.23. The first-order chi connectivity index (χ1) is 16.8. The molecule has 0 aliphatic rings. The highest BCUT2D eigenvalue weighted by Gasteiger charge is 2.20. The van der Waals surface area contributed by atoms with Crippen LogP contribution in [-0.2, 0) is 4.79 Å². The number of aryl methyl sites for hydroxylation is 3. The summed E-state index contributed by atoms with van der Waals surface area (Å²) in [4.78, 5) is 31.3. The third-order valence-electron chi connectivity index (χ3n) is 6.04. The lowest BCUT2D eigenvalue weighted by atomic mass is 10.1. The maximum Gasteiger partial charge on any atom is 0.302 e. The van der Waals surface area contributed by atoms with E-state index in [1.165, 1.54) is 11.8 Å². The van der Waals surface area contributed by atoms with Gasteiger partial charge in [0.15, 0.2) is 5.16 Å². The van der Waals surface area contributed by atoms with E-state index in [9.17, 15) is 9.59 Å². The van der Waals surface area contributed by atoms with Crippen molar-refractivity contribution in [1.82, 2.24) is 9.55 Å². The Bertz CT molecular complexity index is 1650. The van der Waals surface area contributed by atoms with Crippen molar-refractivity contribution in [3.63, 3.8) is 0 Å². The van der Waals surface area contributed by atoms with Gasteiger partial charge in [-0.15, -0.1) is 0 Å². The number of fused-ring (bicyclic) bond motifs is 3. The molecule has 0 fully saturated rings. The summed E-state index contributed by atoms with van der Waals surface area (Å²) in [6.07, 6.45) is 0. The molecule has 0 spiro atoms. The number of amides is 1. The summed E-state index contributed by atoms with van der Waals surface area (Å²) in [5.41, 5.74) is 6.69. The van der Waals surface area contributed by atoms with Crippen LogP contribution < -0.4 is 10.9 Å². The van der Waals surface area contributed by atoms with E-state index in [1.807, 2.05) is 88.4 Å². The Morgan fingerprint density at radius 3 is 2.51 bits per heavy atom. The van der Waals surface area contributed by atoms with Crippen molar-refractivity contribution in [1.29, 1.82) is 0 Å². The first-order valence-electron chi connectivity index (χ1n) is 11.3. The molecule has 2 heterocycles. The fraction of sp³-hybridized carbons (Fsp3) is 0.179. The van der Waals surface area contributed by atoms with Gasteiger partial charge in [-0.05, 0) is 80.3 Å². The predicted molar refractivity (Wildman–Crippen MR) is 142 cm³/mol. The van der Waals surface area contributed by atoms with Gasteiger partial charge in [-0.3, -0.25) is 14.2 Å². The van der Waals surface area contributed by atoms with Crippen LogP contribution in [0.3, 0.4) is 0 Å². The summed E-state index contributed by atoms with van der Waals surface area (Å²) >= 11 is 1.23. The topological polar surface area (TPSA) is 77.1 Å². The van der Waals surface area contributed by atoms with Crippen molar-refractivity contribution in [2.45, 2.75) is 32.9 Å². The number of carbonyl (C=O) groups excluding carboxylic acids is 1. The van der Waals surface area contributed by atoms with Gasteiger partial charge in [-0.1, -0.05) is 42.1 Å². The smallest absolute Gasteiger partial charge is 0.302 e. The number of hydrogen-bond acceptors (Lipinski definition) is 5. The van der Waals surface area contributed by atoms with Crippen LogP contribution in [0, 0.1) is 27.7 Å². The second kappa shape index (κ2) is 9.07. The monoisotopic (exact) mass is 483 g/mol. The molecule has 35 heavy (non-hydrogen) atoms. The van der Waals surface area contributed by atoms with Gasteiger partial charge >= 0.3 is 5.56 Å². The number of furan rings is 1. The van der Waals surface area contributed by atoms with Crippen LogP contribution in [-0.4, -0.2) is 21.2 Å². The molecule has 176 valence electrons. The van der Waals surface area contributed by atoms with Gasteiger partial charge in [0, 0.05) is 11.1 Å². The van der Waals surface area contributed by atoms with E-state index < -0.39 is 0 Å². The van der Waals surface area contributed by atoms with E-state index in [4.69, 9.17) is 9.40 Å². The largest absolute Gasteiger partial charge is 0.448 e. The van der Waals surface area contributed by atoms with E-state index in [1.54, 1.807) is 4.57 Å². The average Bonchev–Trinajstić information content (AvgIpc) is 3.19. The number of nitrogens with one attached hydrogen (secondary N) is 1. The molecule has 0 aliphatic heterocycles. The number of rotatable bonds is 5. The van der Waals surface area contributed by atoms with Crippen LogP contribution in [0.1, 0.15) is 22.3 Å². The molecule has 3 aromatic carbocycles. The molecule has 7 heteroatoms. The highest BCUT2D eigenvalue weighted by atomic mass is 32.2. The number of thioether (sulfide) groups is 1. The number of hydrogen-bond donors (Lipinski definition) is 1. The van der Waals surface area contributed by atoms with Crippen LogP contribution in [0.15, 0.2) is 75.0 Å². The van der Waals surface area contributed by atoms with Crippen molar-refractivity contribution in [2.75, 3.05) is 11.1 Å². The molecule has 0 aliphatic carbocycles. The molecule has 0 atom stereocenters. The van der Waals surface area contributed by atoms with Gasteiger partial charge in [-0.25, -0.2) is 4.98 Å². The zero-order valence-corrected chi connectivity index (χ0v) is 20.8. The molecule has 0 radical (unpaired) electrons. The Morgan fingerprint density at radius 2 is 1.74 bits per heavy atom. The Hall–Kier alpha value is -3.84. The van der Waals surface area contributed by atoms with Crippen molar-refractivity contribution < 1.29 is 9.21 Å². The first kappa shape index (κ1) is 22.9. The maximum atomic E-state index is 13.7. The Kier molecular flexibility index (Phi) is 5.94. The predicted octanol–water partition coefficient (Wildman–Crippen LogP) is 6.10. The Balaban J connectivity index is 1.58. The molecular formula is C28H25N3O3S. The molecule has 0 bridgehead atoms. The first-order valence-corrected chi connectivity index (χ1v) is 12.3. The Morgan fingerprint density at radius 1 is 1.00 bits per heavy atom. The van der Waals surface area contributed by atoms with Crippen LogP contribution in [0.2, 0.25) is 0 Å². The number of benzene rings is 3. The molecule has 1 amide bonds. The molecule has 0 saturated carbocycles. The standard InChI is InChI=1S/C28H25N3O3S/c1-16-12-17(2)14-20(13-16)31-27(33)26-25(21-9-5-6-11-23(21)34-26)30-28(31)35-15-24(32)29-22-10-7-8-18(3)19(22)4/h5-14H,15H2,1-4H3,(H,29,32). The van der Waals surface area contributed by atoms with Crippen molar-refractivity contribution in [2.24, 2.45) is 0 Å². The van der Waals surface area contributed by atoms with E-state index in [2.05, 4.69) is 5.32 Å². The summed E-state index contributed by atoms with van der Waals surface area (Å²) in [5.74, 6) is -0.0617. The van der Waals surface area contributed by atoms with Crippen LogP contribution >= 0.6 is 11.8 Å². The number of aromatic nitrogens is 2. The highest BCUT2D eigenvalue weighted by molar-refractivity contribution is 7.99. The van der Waals surface area contributed by atoms with Gasteiger partial charge in [-0.2, -0.15) is 0 Å². The van der Waals surface area contributed by atoms with E-state index >= 15 is 0 Å². The normalized spacial score (nSPS) is 11.3. The van der Waals surface area contributed by atoms with Crippen LogP contribution in [0.25, 0.3) is 27.8 Å². The van der Waals surface area contributed by atoms with Crippen LogP contribution in [0.5, 0.6) is 0 Å². The van der Waals surface area contributed by atoms with Gasteiger partial charge in [0.2, 0.25) is 11.5 Å². The molecule has 0 unspecified atom stereocenters. The van der Waals surface area contributed by atoms with Crippen molar-refractivity contribution in [3.05, 3.63) is 93.3 Å². The molecule has 5 rings (SSSR count). The van der Waals surface area contributed by atoms with E-state index in [0.29, 0.717) is 21.9 Å². The molecule has 1 N–H and O–H groups in total. The number of para-hydroxylation sites is 1. The Labute approximate surface area is 207 Å². The van der Waals surface area contributed by atoms with E-state index in [-0.39, 0.29) is 22.8 Å². The van der Waals surface area contributed by atoms with Gasteiger partial charge in [0.25, 0.3) is 0 Å². The number of nitrogens with zero attached hydrogens (tertiary/aromatic N) is 2. The average molecular weight is 484 g/mol. The molecular weight excluding hydrogens is 458 g/mol. The summed E-state index contributed by atoms with van der Waals surface area (Å²) in [6, 6.07) is 19.2. The minimum atomic E-state index is -0.298. The van der Waals surface area contributed by atoms with Crippen molar-refractivity contribution >= 4 is 45.4 Å². The highest BCUT2D eigenvalue weighted by Crippen LogP contribution is 2.29. The molecule has 2 aromatic heterocycles. The summed E-state index contributed by atoms with van der Waals surface area (Å²) in [7, 11) is 0.